The van der Waals surface area contributed by atoms with Crippen LogP contribution in [0.15, 0.2) is 24.3 Å². The zero-order valence-electron chi connectivity index (χ0n) is 18.5. The van der Waals surface area contributed by atoms with Crippen LogP contribution in [-0.2, 0) is 4.79 Å². The number of anilines is 1. The summed E-state index contributed by atoms with van der Waals surface area (Å²) in [6.07, 6.45) is -0.729. The predicted molar refractivity (Wildman–Crippen MR) is 135 cm³/mol. The molecule has 1 unspecified atom stereocenters. The molecule has 33 heavy (non-hydrogen) atoms. The summed E-state index contributed by atoms with van der Waals surface area (Å²) in [5.74, 6) is 0.251. The fourth-order valence-electron chi connectivity index (χ4n) is 3.72. The van der Waals surface area contributed by atoms with Crippen LogP contribution in [-0.4, -0.2) is 72.8 Å². The predicted octanol–water partition coefficient (Wildman–Crippen LogP) is 4.91. The molecule has 1 atom stereocenters. The van der Waals surface area contributed by atoms with Gasteiger partial charge in [0.25, 0.3) is 0 Å². The number of halogens is 4. The van der Waals surface area contributed by atoms with Crippen molar-refractivity contribution >= 4 is 58.0 Å². The van der Waals surface area contributed by atoms with Crippen molar-refractivity contribution in [2.45, 2.75) is 20.0 Å². The first kappa shape index (κ1) is 26.4. The number of β-amino-alcohol motifs (C(OH)–C–C–N with tert-alkyl or cyclic N) is 1. The van der Waals surface area contributed by atoms with Crippen LogP contribution in [0.3, 0.4) is 0 Å². The number of carbonyl (C=O) groups is 1. The third kappa shape index (κ3) is 7.12. The molecular formula is C23H27Cl4N3O3. The summed E-state index contributed by atoms with van der Waals surface area (Å²) in [4.78, 5) is 16.7. The normalized spacial score (nSPS) is 16.0. The van der Waals surface area contributed by atoms with Crippen molar-refractivity contribution in [2.24, 2.45) is 0 Å². The lowest BCUT2D eigenvalue weighted by atomic mass is 10.1. The van der Waals surface area contributed by atoms with Gasteiger partial charge in [0.1, 0.15) is 23.5 Å². The van der Waals surface area contributed by atoms with Gasteiger partial charge in [-0.3, -0.25) is 14.6 Å². The van der Waals surface area contributed by atoms with Gasteiger partial charge in [-0.25, -0.2) is 0 Å². The second kappa shape index (κ2) is 11.9. The molecule has 1 heterocycles. The van der Waals surface area contributed by atoms with E-state index in [1.165, 1.54) is 6.07 Å². The van der Waals surface area contributed by atoms with E-state index in [0.29, 0.717) is 13.1 Å². The molecule has 1 saturated heterocycles. The van der Waals surface area contributed by atoms with Gasteiger partial charge in [0.05, 0.1) is 21.6 Å². The monoisotopic (exact) mass is 533 g/mol. The SMILES string of the molecule is Cc1cccc(C)c1NC(=O)CN1CCN(CC(O)COc2cc(Cl)c(Cl)c(Cl)c2Cl)CC1. The number of benzene rings is 2. The van der Waals surface area contributed by atoms with Gasteiger partial charge in [-0.1, -0.05) is 64.6 Å². The summed E-state index contributed by atoms with van der Waals surface area (Å²) < 4.78 is 5.61. The molecule has 2 N–H and O–H groups in total. The van der Waals surface area contributed by atoms with E-state index >= 15 is 0 Å². The second-order valence-corrected chi connectivity index (χ2v) is 9.70. The number of nitrogens with zero attached hydrogens (tertiary/aromatic N) is 2. The number of para-hydroxylation sites is 1. The van der Waals surface area contributed by atoms with Crippen LogP contribution in [0, 0.1) is 13.8 Å². The third-order valence-corrected chi connectivity index (χ3v) is 7.28. The molecule has 1 fully saturated rings. The molecule has 0 aromatic heterocycles. The average molecular weight is 535 g/mol. The molecule has 2 aromatic rings. The van der Waals surface area contributed by atoms with Crippen molar-refractivity contribution in [1.82, 2.24) is 9.80 Å². The van der Waals surface area contributed by atoms with Crippen LogP contribution in [0.5, 0.6) is 5.75 Å². The van der Waals surface area contributed by atoms with Crippen LogP contribution in [0.1, 0.15) is 11.1 Å². The van der Waals surface area contributed by atoms with E-state index in [1.54, 1.807) is 0 Å². The molecule has 10 heteroatoms. The molecule has 180 valence electrons. The largest absolute Gasteiger partial charge is 0.489 e. The lowest BCUT2D eigenvalue weighted by Gasteiger charge is -2.35. The minimum absolute atomic E-state index is 0.0218. The number of aliphatic hydroxyl groups excluding tert-OH is 1. The summed E-state index contributed by atoms with van der Waals surface area (Å²) in [5, 5.41) is 14.1. The molecule has 0 saturated carbocycles. The average Bonchev–Trinajstić information content (AvgIpc) is 2.78. The molecule has 1 aliphatic heterocycles. The minimum Gasteiger partial charge on any atom is -0.489 e. The summed E-state index contributed by atoms with van der Waals surface area (Å²) in [7, 11) is 0. The Kier molecular flexibility index (Phi) is 9.53. The van der Waals surface area contributed by atoms with Crippen molar-refractivity contribution in [2.75, 3.05) is 51.2 Å². The van der Waals surface area contributed by atoms with Crippen molar-refractivity contribution in [1.29, 1.82) is 0 Å². The van der Waals surface area contributed by atoms with Crippen LogP contribution in [0.2, 0.25) is 20.1 Å². The Balaban J connectivity index is 1.41. The summed E-state index contributed by atoms with van der Waals surface area (Å²) in [6, 6.07) is 7.43. The molecule has 0 aliphatic carbocycles. The smallest absolute Gasteiger partial charge is 0.238 e. The Morgan fingerprint density at radius 3 is 2.27 bits per heavy atom. The first-order chi connectivity index (χ1) is 15.7. The number of aliphatic hydroxyl groups is 1. The molecule has 0 radical (unpaired) electrons. The number of amides is 1. The van der Waals surface area contributed by atoms with E-state index in [9.17, 15) is 9.90 Å². The summed E-state index contributed by atoms with van der Waals surface area (Å²) in [6.45, 7) is 7.75. The molecule has 0 spiro atoms. The highest BCUT2D eigenvalue weighted by Gasteiger charge is 2.22. The summed E-state index contributed by atoms with van der Waals surface area (Å²) in [5.41, 5.74) is 2.98. The maximum absolute atomic E-state index is 12.5. The van der Waals surface area contributed by atoms with Gasteiger partial charge in [-0.15, -0.1) is 0 Å². The highest BCUT2D eigenvalue weighted by Crippen LogP contribution is 2.41. The first-order valence-electron chi connectivity index (χ1n) is 10.6. The highest BCUT2D eigenvalue weighted by molar-refractivity contribution is 6.52. The maximum atomic E-state index is 12.5. The Bertz CT molecular complexity index is 977. The minimum atomic E-state index is -0.729. The Hall–Kier alpha value is -1.25. The molecule has 1 amide bonds. The number of nitrogens with one attached hydrogen (secondary N) is 1. The third-order valence-electron chi connectivity index (χ3n) is 5.55. The zero-order chi connectivity index (χ0) is 24.1. The molecule has 1 aliphatic rings. The maximum Gasteiger partial charge on any atom is 0.238 e. The molecule has 6 nitrogen and oxygen atoms in total. The van der Waals surface area contributed by atoms with E-state index in [0.717, 1.165) is 43.0 Å². The number of ether oxygens (including phenoxy) is 1. The Morgan fingerprint density at radius 2 is 1.64 bits per heavy atom. The first-order valence-corrected chi connectivity index (χ1v) is 12.1. The molecule has 3 rings (SSSR count). The Morgan fingerprint density at radius 1 is 1.03 bits per heavy atom. The zero-order valence-corrected chi connectivity index (χ0v) is 21.5. The van der Waals surface area contributed by atoms with Crippen molar-refractivity contribution in [3.8, 4) is 5.75 Å². The van der Waals surface area contributed by atoms with Gasteiger partial charge >= 0.3 is 0 Å². The van der Waals surface area contributed by atoms with Crippen LogP contribution >= 0.6 is 46.4 Å². The van der Waals surface area contributed by atoms with E-state index in [2.05, 4.69) is 15.1 Å². The van der Waals surface area contributed by atoms with Crippen LogP contribution in [0.25, 0.3) is 0 Å². The van der Waals surface area contributed by atoms with Gasteiger partial charge in [0.15, 0.2) is 0 Å². The van der Waals surface area contributed by atoms with E-state index in [-0.39, 0.29) is 38.4 Å². The van der Waals surface area contributed by atoms with Crippen molar-refractivity contribution in [3.05, 3.63) is 55.5 Å². The molecule has 2 aromatic carbocycles. The van der Waals surface area contributed by atoms with Gasteiger partial charge in [0.2, 0.25) is 5.91 Å². The number of hydrogen-bond donors (Lipinski definition) is 2. The summed E-state index contributed by atoms with van der Waals surface area (Å²) >= 11 is 24.1. The lowest BCUT2D eigenvalue weighted by molar-refractivity contribution is -0.117. The second-order valence-electron chi connectivity index (χ2n) is 8.16. The lowest BCUT2D eigenvalue weighted by Crippen LogP contribution is -2.50. The number of rotatable bonds is 8. The van der Waals surface area contributed by atoms with Gasteiger partial charge < -0.3 is 15.2 Å². The molecule has 0 bridgehead atoms. The van der Waals surface area contributed by atoms with E-state index < -0.39 is 6.10 Å². The van der Waals surface area contributed by atoms with Crippen molar-refractivity contribution < 1.29 is 14.6 Å². The highest BCUT2D eigenvalue weighted by atomic mass is 35.5. The topological polar surface area (TPSA) is 65.0 Å². The van der Waals surface area contributed by atoms with Crippen molar-refractivity contribution in [3.63, 3.8) is 0 Å². The van der Waals surface area contributed by atoms with Crippen LogP contribution < -0.4 is 10.1 Å². The van der Waals surface area contributed by atoms with E-state index in [1.807, 2.05) is 32.0 Å². The van der Waals surface area contributed by atoms with E-state index in [4.69, 9.17) is 51.1 Å². The fourth-order valence-corrected chi connectivity index (χ4v) is 4.55. The standard InChI is InChI=1S/C23H27Cl4N3O3/c1-14-4-3-5-15(2)23(14)28-19(32)12-30-8-6-29(7-9-30)11-16(31)13-33-18-10-17(24)20(25)22(27)21(18)26/h3-5,10,16,31H,6-9,11-13H2,1-2H3,(H,28,32). The van der Waals surface area contributed by atoms with Gasteiger partial charge in [0, 0.05) is 44.5 Å². The fraction of sp³-hybridized carbons (Fsp3) is 0.435. The number of hydrogen-bond acceptors (Lipinski definition) is 5. The number of aryl methyl sites for hydroxylation is 2. The van der Waals surface area contributed by atoms with Gasteiger partial charge in [-0.05, 0) is 25.0 Å². The molecular weight excluding hydrogens is 508 g/mol. The number of carbonyl (C=O) groups excluding carboxylic acids is 1. The van der Waals surface area contributed by atoms with Gasteiger partial charge in [-0.2, -0.15) is 0 Å². The van der Waals surface area contributed by atoms with Crippen LogP contribution in [0.4, 0.5) is 5.69 Å². The number of piperazine rings is 1. The Labute approximate surface area is 214 Å². The quantitative estimate of drug-likeness (QED) is 0.372.